The first kappa shape index (κ1) is 18.8. The molecule has 1 aliphatic rings. The van der Waals surface area contributed by atoms with Crippen molar-refractivity contribution in [2.75, 3.05) is 25.0 Å². The summed E-state index contributed by atoms with van der Waals surface area (Å²) >= 11 is 0. The molecule has 0 bridgehead atoms. The molecule has 1 amide bonds. The zero-order valence-corrected chi connectivity index (χ0v) is 15.0. The number of carbonyl (C=O) groups is 2. The molecule has 0 aliphatic carbocycles. The molecule has 0 fully saturated rings. The summed E-state index contributed by atoms with van der Waals surface area (Å²) in [5.41, 5.74) is -0.352. The second-order valence-electron chi connectivity index (χ2n) is 6.15. The van der Waals surface area contributed by atoms with Gasteiger partial charge in [-0.05, 0) is 49.7 Å². The number of nitrogens with one attached hydrogen (secondary N) is 2. The van der Waals surface area contributed by atoms with E-state index in [0.717, 1.165) is 5.56 Å². The average Bonchev–Trinajstić information content (AvgIpc) is 2.67. The summed E-state index contributed by atoms with van der Waals surface area (Å²) in [6, 6.07) is 13.1. The Hall–Kier alpha value is -2.93. The van der Waals surface area contributed by atoms with Crippen molar-refractivity contribution in [3.05, 3.63) is 59.9 Å². The lowest BCUT2D eigenvalue weighted by Crippen LogP contribution is -2.62. The Bertz CT molecular complexity index is 825. The standard InChI is InChI=1S/C20H21FN2O4/c1-2-26-19(25)20(13-22-12-11-14-7-9-15(21)10-8-14)18(24)23-16-5-3-4-6-17(16)27-20/h3-10,22H,2,11-13H2,1H3,(H,23,24). The summed E-state index contributed by atoms with van der Waals surface area (Å²) in [4.78, 5) is 25.2. The number of ether oxygens (including phenoxy) is 2. The number of benzene rings is 2. The van der Waals surface area contributed by atoms with Crippen LogP contribution in [-0.2, 0) is 20.7 Å². The molecule has 1 atom stereocenters. The van der Waals surface area contributed by atoms with Gasteiger partial charge >= 0.3 is 5.97 Å². The predicted octanol–water partition coefficient (Wildman–Crippen LogP) is 2.29. The monoisotopic (exact) mass is 372 g/mol. The molecule has 0 aromatic heterocycles. The summed E-state index contributed by atoms with van der Waals surface area (Å²) in [7, 11) is 0. The first-order valence-electron chi connectivity index (χ1n) is 8.77. The highest BCUT2D eigenvalue weighted by molar-refractivity contribution is 6.14. The molecule has 142 valence electrons. The molecule has 27 heavy (non-hydrogen) atoms. The fourth-order valence-electron chi connectivity index (χ4n) is 2.84. The quantitative estimate of drug-likeness (QED) is 0.443. The third-order valence-corrected chi connectivity index (χ3v) is 4.27. The van der Waals surface area contributed by atoms with Gasteiger partial charge < -0.3 is 20.1 Å². The Labute approximate surface area is 156 Å². The van der Waals surface area contributed by atoms with Crippen LogP contribution in [-0.4, -0.2) is 37.2 Å². The van der Waals surface area contributed by atoms with Crippen molar-refractivity contribution in [3.63, 3.8) is 0 Å². The van der Waals surface area contributed by atoms with E-state index in [1.54, 1.807) is 43.3 Å². The van der Waals surface area contributed by atoms with Gasteiger partial charge in [0, 0.05) is 0 Å². The van der Waals surface area contributed by atoms with E-state index >= 15 is 0 Å². The fourth-order valence-corrected chi connectivity index (χ4v) is 2.84. The minimum atomic E-state index is -1.80. The summed E-state index contributed by atoms with van der Waals surface area (Å²) in [5, 5.41) is 5.79. The Balaban J connectivity index is 1.71. The van der Waals surface area contributed by atoms with Crippen LogP contribution in [0.4, 0.5) is 10.1 Å². The minimum Gasteiger partial charge on any atom is -0.463 e. The zero-order chi connectivity index (χ0) is 19.3. The number of amides is 1. The van der Waals surface area contributed by atoms with Gasteiger partial charge in [0.2, 0.25) is 0 Å². The molecule has 3 rings (SSSR count). The highest BCUT2D eigenvalue weighted by atomic mass is 19.1. The lowest BCUT2D eigenvalue weighted by atomic mass is 10.00. The topological polar surface area (TPSA) is 76.7 Å². The molecule has 1 unspecified atom stereocenters. The van der Waals surface area contributed by atoms with Gasteiger partial charge in [-0.1, -0.05) is 24.3 Å². The van der Waals surface area contributed by atoms with E-state index in [0.29, 0.717) is 24.4 Å². The largest absolute Gasteiger partial charge is 0.463 e. The van der Waals surface area contributed by atoms with Crippen molar-refractivity contribution >= 4 is 17.6 Å². The molecule has 0 radical (unpaired) electrons. The van der Waals surface area contributed by atoms with Crippen LogP contribution in [0.15, 0.2) is 48.5 Å². The average molecular weight is 372 g/mol. The van der Waals surface area contributed by atoms with Gasteiger partial charge in [0.05, 0.1) is 18.8 Å². The van der Waals surface area contributed by atoms with Crippen molar-refractivity contribution < 1.29 is 23.5 Å². The van der Waals surface area contributed by atoms with Crippen LogP contribution < -0.4 is 15.4 Å². The molecule has 2 aromatic rings. The molecule has 6 nitrogen and oxygen atoms in total. The van der Waals surface area contributed by atoms with Crippen molar-refractivity contribution in [2.24, 2.45) is 0 Å². The van der Waals surface area contributed by atoms with Gasteiger partial charge in [-0.25, -0.2) is 9.18 Å². The van der Waals surface area contributed by atoms with Crippen molar-refractivity contribution in [3.8, 4) is 5.75 Å². The molecule has 7 heteroatoms. The third-order valence-electron chi connectivity index (χ3n) is 4.27. The van der Waals surface area contributed by atoms with Gasteiger partial charge in [-0.2, -0.15) is 0 Å². The normalized spacial score (nSPS) is 18.2. The molecular weight excluding hydrogens is 351 g/mol. The first-order valence-corrected chi connectivity index (χ1v) is 8.77. The van der Waals surface area contributed by atoms with Crippen LogP contribution in [0.5, 0.6) is 5.75 Å². The maximum absolute atomic E-state index is 13.0. The van der Waals surface area contributed by atoms with Crippen LogP contribution >= 0.6 is 0 Å². The van der Waals surface area contributed by atoms with Gasteiger partial charge in [-0.3, -0.25) is 4.79 Å². The number of hydrogen-bond acceptors (Lipinski definition) is 5. The number of para-hydroxylation sites is 2. The number of halogens is 1. The van der Waals surface area contributed by atoms with Crippen LogP contribution in [0.1, 0.15) is 12.5 Å². The Morgan fingerprint density at radius 1 is 1.22 bits per heavy atom. The van der Waals surface area contributed by atoms with Gasteiger partial charge in [0.1, 0.15) is 11.6 Å². The summed E-state index contributed by atoms with van der Waals surface area (Å²) in [5.74, 6) is -1.20. The summed E-state index contributed by atoms with van der Waals surface area (Å²) < 4.78 is 23.9. The van der Waals surface area contributed by atoms with Gasteiger partial charge in [0.15, 0.2) is 0 Å². The number of carbonyl (C=O) groups excluding carboxylic acids is 2. The highest BCUT2D eigenvalue weighted by Crippen LogP contribution is 2.33. The number of esters is 1. The molecule has 0 saturated carbocycles. The van der Waals surface area contributed by atoms with Crippen LogP contribution in [0.25, 0.3) is 0 Å². The van der Waals surface area contributed by atoms with E-state index < -0.39 is 17.5 Å². The number of rotatable bonds is 7. The first-order chi connectivity index (χ1) is 13.0. The lowest BCUT2D eigenvalue weighted by Gasteiger charge is -2.35. The molecule has 1 heterocycles. The lowest BCUT2D eigenvalue weighted by molar-refractivity contribution is -0.166. The van der Waals surface area contributed by atoms with E-state index in [9.17, 15) is 14.0 Å². The van der Waals surface area contributed by atoms with Crippen LogP contribution in [0.3, 0.4) is 0 Å². The maximum Gasteiger partial charge on any atom is 0.361 e. The van der Waals surface area contributed by atoms with Gasteiger partial charge in [-0.15, -0.1) is 0 Å². The molecule has 1 aliphatic heterocycles. The summed E-state index contributed by atoms with van der Waals surface area (Å²) in [6.07, 6.45) is 0.609. The Morgan fingerprint density at radius 3 is 2.70 bits per heavy atom. The van der Waals surface area contributed by atoms with Crippen LogP contribution in [0.2, 0.25) is 0 Å². The number of fused-ring (bicyclic) bond motifs is 1. The second kappa shape index (κ2) is 8.18. The number of hydrogen-bond donors (Lipinski definition) is 2. The van der Waals surface area contributed by atoms with E-state index in [-0.39, 0.29) is 19.0 Å². The van der Waals surface area contributed by atoms with E-state index in [1.165, 1.54) is 12.1 Å². The Kier molecular flexibility index (Phi) is 5.71. The minimum absolute atomic E-state index is 0.0484. The second-order valence-corrected chi connectivity index (χ2v) is 6.15. The molecule has 0 spiro atoms. The van der Waals surface area contributed by atoms with E-state index in [2.05, 4.69) is 10.6 Å². The maximum atomic E-state index is 13.0. The van der Waals surface area contributed by atoms with E-state index in [4.69, 9.17) is 9.47 Å². The highest BCUT2D eigenvalue weighted by Gasteiger charge is 2.52. The SMILES string of the molecule is CCOC(=O)C1(CNCCc2ccc(F)cc2)Oc2ccccc2NC1=O. The molecule has 0 saturated heterocycles. The van der Waals surface area contributed by atoms with Crippen molar-refractivity contribution in [1.82, 2.24) is 5.32 Å². The molecule has 2 aromatic carbocycles. The number of anilines is 1. The smallest absolute Gasteiger partial charge is 0.361 e. The van der Waals surface area contributed by atoms with Crippen molar-refractivity contribution in [1.29, 1.82) is 0 Å². The zero-order valence-electron chi connectivity index (χ0n) is 15.0. The third kappa shape index (κ3) is 4.09. The molecule has 2 N–H and O–H groups in total. The van der Waals surface area contributed by atoms with E-state index in [1.807, 2.05) is 0 Å². The molecular formula is C20H21FN2O4. The summed E-state index contributed by atoms with van der Waals surface area (Å²) in [6.45, 7) is 2.23. The fraction of sp³-hybridized carbons (Fsp3) is 0.300. The van der Waals surface area contributed by atoms with Gasteiger partial charge in [0.25, 0.3) is 11.5 Å². The predicted molar refractivity (Wildman–Crippen MR) is 98.0 cm³/mol. The van der Waals surface area contributed by atoms with Crippen molar-refractivity contribution in [2.45, 2.75) is 18.9 Å². The Morgan fingerprint density at radius 2 is 1.96 bits per heavy atom. The van der Waals surface area contributed by atoms with Crippen LogP contribution in [0, 0.1) is 5.82 Å².